The number of rotatable bonds is 5. The largest absolute Gasteiger partial charge is 0.310 e. The zero-order chi connectivity index (χ0) is 12.4. The van der Waals surface area contributed by atoms with Gasteiger partial charge in [-0.15, -0.1) is 11.3 Å². The summed E-state index contributed by atoms with van der Waals surface area (Å²) in [6.07, 6.45) is 1.39. The molecule has 1 aliphatic rings. The van der Waals surface area contributed by atoms with Crippen molar-refractivity contribution in [1.82, 2.24) is 10.3 Å². The van der Waals surface area contributed by atoms with E-state index in [2.05, 4.69) is 46.9 Å². The molecule has 1 saturated carbocycles. The van der Waals surface area contributed by atoms with Crippen LogP contribution in [0.15, 0.2) is 35.7 Å². The lowest BCUT2D eigenvalue weighted by Gasteiger charge is -2.00. The molecule has 0 radical (unpaired) electrons. The maximum absolute atomic E-state index is 4.67. The predicted molar refractivity (Wildman–Crippen MR) is 76.5 cm³/mol. The van der Waals surface area contributed by atoms with E-state index in [0.717, 1.165) is 30.6 Å². The summed E-state index contributed by atoms with van der Waals surface area (Å²) in [6.45, 7) is 4.37. The molecule has 1 fully saturated rings. The van der Waals surface area contributed by atoms with E-state index in [-0.39, 0.29) is 0 Å². The summed E-state index contributed by atoms with van der Waals surface area (Å²) in [7, 11) is 0. The van der Waals surface area contributed by atoms with Crippen LogP contribution in [0.25, 0.3) is 11.3 Å². The van der Waals surface area contributed by atoms with E-state index in [0.29, 0.717) is 0 Å². The molecule has 2 aromatic rings. The molecule has 1 heterocycles. The molecule has 0 aliphatic heterocycles. The van der Waals surface area contributed by atoms with Crippen LogP contribution < -0.4 is 5.32 Å². The molecule has 0 amide bonds. The molecule has 3 heteroatoms. The van der Waals surface area contributed by atoms with E-state index >= 15 is 0 Å². The van der Waals surface area contributed by atoms with Crippen LogP contribution in [0.5, 0.6) is 0 Å². The molecule has 1 aromatic carbocycles. The van der Waals surface area contributed by atoms with E-state index in [4.69, 9.17) is 0 Å². The molecule has 1 aliphatic carbocycles. The Balaban J connectivity index is 1.56. The Morgan fingerprint density at radius 1 is 1.33 bits per heavy atom. The molecule has 2 unspecified atom stereocenters. The highest BCUT2D eigenvalue weighted by Crippen LogP contribution is 2.36. The van der Waals surface area contributed by atoms with Crippen LogP contribution in [-0.2, 0) is 6.54 Å². The van der Waals surface area contributed by atoms with Crippen molar-refractivity contribution in [2.24, 2.45) is 11.8 Å². The third-order valence-corrected chi connectivity index (χ3v) is 4.43. The highest BCUT2D eigenvalue weighted by Gasteiger charge is 2.31. The SMILES string of the molecule is CC1CC1CNCc1nc(-c2ccccc2)cs1. The standard InChI is InChI=1S/C15H18N2S/c1-11-7-13(11)8-16-9-15-17-14(10-18-15)12-5-3-2-4-6-12/h2-6,10-11,13,16H,7-9H2,1H3. The van der Waals surface area contributed by atoms with Crippen LogP contribution in [0.1, 0.15) is 18.4 Å². The van der Waals surface area contributed by atoms with Crippen molar-refractivity contribution in [3.05, 3.63) is 40.7 Å². The van der Waals surface area contributed by atoms with Gasteiger partial charge < -0.3 is 5.32 Å². The average molecular weight is 258 g/mol. The van der Waals surface area contributed by atoms with Gasteiger partial charge in [0.15, 0.2) is 0 Å². The summed E-state index contributed by atoms with van der Waals surface area (Å²) in [5.41, 5.74) is 2.30. The second-order valence-electron chi connectivity index (χ2n) is 5.10. The van der Waals surface area contributed by atoms with Gasteiger partial charge in [0.1, 0.15) is 5.01 Å². The van der Waals surface area contributed by atoms with Crippen LogP contribution >= 0.6 is 11.3 Å². The summed E-state index contributed by atoms with van der Waals surface area (Å²) in [5.74, 6) is 1.83. The maximum atomic E-state index is 4.67. The highest BCUT2D eigenvalue weighted by atomic mass is 32.1. The van der Waals surface area contributed by atoms with Crippen LogP contribution in [0, 0.1) is 11.8 Å². The van der Waals surface area contributed by atoms with Gasteiger partial charge >= 0.3 is 0 Å². The molecule has 3 rings (SSSR count). The molecule has 1 aromatic heterocycles. The van der Waals surface area contributed by atoms with Crippen LogP contribution in [-0.4, -0.2) is 11.5 Å². The highest BCUT2D eigenvalue weighted by molar-refractivity contribution is 7.09. The van der Waals surface area contributed by atoms with Gasteiger partial charge in [-0.2, -0.15) is 0 Å². The normalized spacial score (nSPS) is 22.1. The molecular formula is C15H18N2S. The first kappa shape index (κ1) is 11.9. The van der Waals surface area contributed by atoms with E-state index in [1.165, 1.54) is 17.0 Å². The molecule has 18 heavy (non-hydrogen) atoms. The lowest BCUT2D eigenvalue weighted by molar-refractivity contribution is 0.610. The first-order valence-electron chi connectivity index (χ1n) is 6.53. The lowest BCUT2D eigenvalue weighted by Crippen LogP contribution is -2.16. The van der Waals surface area contributed by atoms with Crippen LogP contribution in [0.4, 0.5) is 0 Å². The molecule has 0 saturated heterocycles. The minimum atomic E-state index is 0.901. The molecule has 0 bridgehead atoms. The number of hydrogen-bond donors (Lipinski definition) is 1. The van der Waals surface area contributed by atoms with Gasteiger partial charge in [0.2, 0.25) is 0 Å². The van der Waals surface area contributed by atoms with Crippen molar-refractivity contribution in [3.63, 3.8) is 0 Å². The monoisotopic (exact) mass is 258 g/mol. The van der Waals surface area contributed by atoms with Gasteiger partial charge in [0, 0.05) is 17.5 Å². The molecule has 1 N–H and O–H groups in total. The summed E-state index contributed by atoms with van der Waals surface area (Å²) in [4.78, 5) is 4.67. The van der Waals surface area contributed by atoms with Gasteiger partial charge in [-0.3, -0.25) is 0 Å². The minimum absolute atomic E-state index is 0.901. The van der Waals surface area contributed by atoms with E-state index in [1.807, 2.05) is 6.07 Å². The Morgan fingerprint density at radius 3 is 2.83 bits per heavy atom. The Labute approximate surface area is 112 Å². The number of nitrogens with one attached hydrogen (secondary N) is 1. The van der Waals surface area contributed by atoms with Crippen molar-refractivity contribution >= 4 is 11.3 Å². The number of hydrogen-bond acceptors (Lipinski definition) is 3. The summed E-state index contributed by atoms with van der Waals surface area (Å²) < 4.78 is 0. The van der Waals surface area contributed by atoms with E-state index in [9.17, 15) is 0 Å². The Morgan fingerprint density at radius 2 is 2.11 bits per heavy atom. The van der Waals surface area contributed by atoms with Crippen molar-refractivity contribution in [3.8, 4) is 11.3 Å². The topological polar surface area (TPSA) is 24.9 Å². The predicted octanol–water partition coefficient (Wildman–Crippen LogP) is 3.56. The number of aromatic nitrogens is 1. The molecule has 2 atom stereocenters. The Hall–Kier alpha value is -1.19. The number of benzene rings is 1. The second-order valence-corrected chi connectivity index (χ2v) is 6.04. The third kappa shape index (κ3) is 2.79. The van der Waals surface area contributed by atoms with Gasteiger partial charge in [-0.25, -0.2) is 4.98 Å². The van der Waals surface area contributed by atoms with Crippen LogP contribution in [0.3, 0.4) is 0 Å². The zero-order valence-electron chi connectivity index (χ0n) is 10.6. The van der Waals surface area contributed by atoms with Crippen molar-refractivity contribution in [1.29, 1.82) is 0 Å². The zero-order valence-corrected chi connectivity index (χ0v) is 11.4. The maximum Gasteiger partial charge on any atom is 0.107 e. The second kappa shape index (κ2) is 5.21. The molecule has 94 valence electrons. The quantitative estimate of drug-likeness (QED) is 0.887. The fourth-order valence-corrected chi connectivity index (χ4v) is 2.95. The van der Waals surface area contributed by atoms with Gasteiger partial charge in [-0.05, 0) is 24.8 Å². The lowest BCUT2D eigenvalue weighted by atomic mass is 10.2. The van der Waals surface area contributed by atoms with E-state index in [1.54, 1.807) is 11.3 Å². The molecule has 2 nitrogen and oxygen atoms in total. The Bertz CT molecular complexity index is 506. The average Bonchev–Trinajstić information content (AvgIpc) is 2.92. The summed E-state index contributed by atoms with van der Waals surface area (Å²) >= 11 is 1.74. The van der Waals surface area contributed by atoms with E-state index < -0.39 is 0 Å². The van der Waals surface area contributed by atoms with Crippen molar-refractivity contribution in [2.75, 3.05) is 6.54 Å². The van der Waals surface area contributed by atoms with Crippen LogP contribution in [0.2, 0.25) is 0 Å². The minimum Gasteiger partial charge on any atom is -0.310 e. The fourth-order valence-electron chi connectivity index (χ4n) is 2.18. The number of nitrogens with zero attached hydrogens (tertiary/aromatic N) is 1. The van der Waals surface area contributed by atoms with Gasteiger partial charge in [0.05, 0.1) is 5.69 Å². The van der Waals surface area contributed by atoms with Gasteiger partial charge in [-0.1, -0.05) is 37.3 Å². The van der Waals surface area contributed by atoms with Crippen molar-refractivity contribution < 1.29 is 0 Å². The first-order chi connectivity index (χ1) is 8.83. The smallest absolute Gasteiger partial charge is 0.107 e. The van der Waals surface area contributed by atoms with Gasteiger partial charge in [0.25, 0.3) is 0 Å². The third-order valence-electron chi connectivity index (χ3n) is 3.58. The number of thiazole rings is 1. The summed E-state index contributed by atoms with van der Waals surface area (Å²) in [5, 5.41) is 6.83. The summed E-state index contributed by atoms with van der Waals surface area (Å²) in [6, 6.07) is 10.4. The molecule has 0 spiro atoms. The fraction of sp³-hybridized carbons (Fsp3) is 0.400. The Kier molecular flexibility index (Phi) is 3.43. The first-order valence-corrected chi connectivity index (χ1v) is 7.41. The van der Waals surface area contributed by atoms with Crippen molar-refractivity contribution in [2.45, 2.75) is 19.9 Å². The molecular weight excluding hydrogens is 240 g/mol.